The fourth-order valence-corrected chi connectivity index (χ4v) is 4.01. The fraction of sp³-hybridized carbons (Fsp3) is 0.118. The normalized spacial score (nSPS) is 16.9. The Hall–Kier alpha value is -1.82. The molecule has 0 radical (unpaired) electrons. The third kappa shape index (κ3) is 2.83. The molecule has 2 aromatic carbocycles. The summed E-state index contributed by atoms with van der Waals surface area (Å²) in [5.41, 5.74) is 1.84. The van der Waals surface area contributed by atoms with E-state index in [-0.39, 0.29) is 11.2 Å². The average Bonchev–Trinajstić information content (AvgIpc) is 3.03. The largest absolute Gasteiger partial charge is 0.272 e. The summed E-state index contributed by atoms with van der Waals surface area (Å²) in [5, 5.41) is 5.89. The molecule has 120 valence electrons. The van der Waals surface area contributed by atoms with E-state index in [0.717, 1.165) is 11.1 Å². The third-order valence-corrected chi connectivity index (χ3v) is 5.71. The van der Waals surface area contributed by atoms with Crippen LogP contribution in [-0.2, 0) is 0 Å². The zero-order valence-corrected chi connectivity index (χ0v) is 14.6. The van der Waals surface area contributed by atoms with Crippen LogP contribution >= 0.6 is 35.0 Å². The van der Waals surface area contributed by atoms with Gasteiger partial charge in [-0.3, -0.25) is 4.79 Å². The Labute approximate surface area is 152 Å². The van der Waals surface area contributed by atoms with Gasteiger partial charge in [0.05, 0.1) is 10.0 Å². The lowest BCUT2D eigenvalue weighted by atomic mass is 10.1. The minimum Gasteiger partial charge on any atom is -0.272 e. The number of benzene rings is 2. The van der Waals surface area contributed by atoms with Crippen molar-refractivity contribution in [2.24, 2.45) is 0 Å². The molecule has 0 spiro atoms. The highest BCUT2D eigenvalue weighted by Gasteiger charge is 2.30. The van der Waals surface area contributed by atoms with Crippen LogP contribution in [-0.4, -0.2) is 20.7 Å². The molecular formula is C17H11Cl2N3OS. The fourth-order valence-electron chi connectivity index (χ4n) is 2.56. The Morgan fingerprint density at radius 2 is 1.88 bits per heavy atom. The zero-order valence-electron chi connectivity index (χ0n) is 12.3. The topological polar surface area (TPSA) is 47.8 Å². The first-order valence-electron chi connectivity index (χ1n) is 7.29. The van der Waals surface area contributed by atoms with Crippen molar-refractivity contribution in [1.82, 2.24) is 14.8 Å². The van der Waals surface area contributed by atoms with Gasteiger partial charge in [0, 0.05) is 17.2 Å². The van der Waals surface area contributed by atoms with Crippen molar-refractivity contribution in [3.05, 3.63) is 64.1 Å². The summed E-state index contributed by atoms with van der Waals surface area (Å²) < 4.78 is 1.39. The summed E-state index contributed by atoms with van der Waals surface area (Å²) in [6, 6.07) is 15.1. The van der Waals surface area contributed by atoms with Gasteiger partial charge >= 0.3 is 0 Å². The lowest BCUT2D eigenvalue weighted by Crippen LogP contribution is -2.20. The van der Waals surface area contributed by atoms with Gasteiger partial charge in [-0.05, 0) is 17.7 Å². The summed E-state index contributed by atoms with van der Waals surface area (Å²) in [6.45, 7) is 0. The Balaban J connectivity index is 1.68. The maximum Gasteiger partial charge on any atom is 0.250 e. The first-order valence-corrected chi connectivity index (χ1v) is 8.92. The highest BCUT2D eigenvalue weighted by molar-refractivity contribution is 7.99. The van der Waals surface area contributed by atoms with Crippen LogP contribution in [0.2, 0.25) is 10.0 Å². The molecule has 24 heavy (non-hydrogen) atoms. The number of thioether (sulfide) groups is 1. The Bertz CT molecular complexity index is 927. The average molecular weight is 376 g/mol. The second-order valence-electron chi connectivity index (χ2n) is 5.37. The number of nitrogens with zero attached hydrogens (tertiary/aromatic N) is 3. The van der Waals surface area contributed by atoms with Crippen molar-refractivity contribution in [3.63, 3.8) is 0 Å². The standard InChI is InChI=1S/C17H11Cl2N3OS/c18-12-7-6-11(8-13(12)19)14-9-15(23)22-17(24-14)20-16(21-22)10-4-2-1-3-5-10/h1-8,14H,9H2/t14-/m1/s1. The minimum absolute atomic E-state index is 0.0485. The van der Waals surface area contributed by atoms with Crippen molar-refractivity contribution >= 4 is 40.9 Å². The van der Waals surface area contributed by atoms with Gasteiger partial charge in [0.25, 0.3) is 5.91 Å². The molecule has 3 aromatic rings. The zero-order chi connectivity index (χ0) is 16.7. The molecule has 0 saturated heterocycles. The van der Waals surface area contributed by atoms with Crippen LogP contribution in [0.15, 0.2) is 53.7 Å². The summed E-state index contributed by atoms with van der Waals surface area (Å²) in [7, 11) is 0. The lowest BCUT2D eigenvalue weighted by molar-refractivity contribution is 0.0868. The summed E-state index contributed by atoms with van der Waals surface area (Å²) in [6.07, 6.45) is 0.340. The second kappa shape index (κ2) is 6.24. The number of carbonyl (C=O) groups is 1. The van der Waals surface area contributed by atoms with Crippen LogP contribution in [0.5, 0.6) is 0 Å². The van der Waals surface area contributed by atoms with Gasteiger partial charge in [-0.15, -0.1) is 5.10 Å². The van der Waals surface area contributed by atoms with Gasteiger partial charge in [0.2, 0.25) is 0 Å². The molecule has 2 heterocycles. The molecule has 1 aliphatic rings. The van der Waals surface area contributed by atoms with Crippen LogP contribution in [0.3, 0.4) is 0 Å². The second-order valence-corrected chi connectivity index (χ2v) is 7.36. The first kappa shape index (κ1) is 15.7. The van der Waals surface area contributed by atoms with Gasteiger partial charge in [-0.25, -0.2) is 4.98 Å². The molecule has 0 fully saturated rings. The first-order chi connectivity index (χ1) is 11.6. The Kier molecular flexibility index (Phi) is 4.08. The molecule has 1 atom stereocenters. The van der Waals surface area contributed by atoms with Gasteiger partial charge in [-0.2, -0.15) is 4.68 Å². The van der Waals surface area contributed by atoms with Crippen molar-refractivity contribution in [1.29, 1.82) is 0 Å². The molecule has 4 rings (SSSR count). The Morgan fingerprint density at radius 3 is 2.62 bits per heavy atom. The smallest absolute Gasteiger partial charge is 0.250 e. The quantitative estimate of drug-likeness (QED) is 0.622. The molecule has 0 saturated carbocycles. The molecule has 0 aliphatic carbocycles. The highest BCUT2D eigenvalue weighted by atomic mass is 35.5. The summed E-state index contributed by atoms with van der Waals surface area (Å²) in [5.74, 6) is 0.482. The molecule has 0 N–H and O–H groups in total. The van der Waals surface area contributed by atoms with E-state index in [1.165, 1.54) is 16.4 Å². The van der Waals surface area contributed by atoms with E-state index < -0.39 is 0 Å². The maximum absolute atomic E-state index is 12.5. The van der Waals surface area contributed by atoms with Crippen molar-refractivity contribution in [3.8, 4) is 11.4 Å². The van der Waals surface area contributed by atoms with Crippen molar-refractivity contribution in [2.75, 3.05) is 0 Å². The van der Waals surface area contributed by atoms with Gasteiger partial charge in [0.1, 0.15) is 0 Å². The molecule has 1 aliphatic heterocycles. The monoisotopic (exact) mass is 375 g/mol. The van der Waals surface area contributed by atoms with Crippen molar-refractivity contribution < 1.29 is 4.79 Å². The molecule has 1 aromatic heterocycles. The molecule has 0 unspecified atom stereocenters. The third-order valence-electron chi connectivity index (χ3n) is 3.77. The maximum atomic E-state index is 12.5. The van der Waals surface area contributed by atoms with E-state index in [2.05, 4.69) is 10.1 Å². The number of fused-ring (bicyclic) bond motifs is 1. The number of aromatic nitrogens is 3. The van der Waals surface area contributed by atoms with E-state index in [1.807, 2.05) is 36.4 Å². The van der Waals surface area contributed by atoms with Crippen LogP contribution in [0.4, 0.5) is 0 Å². The van der Waals surface area contributed by atoms with Gasteiger partial charge in [-0.1, -0.05) is 71.4 Å². The number of halogens is 2. The van der Waals surface area contributed by atoms with Crippen LogP contribution in [0.1, 0.15) is 22.0 Å². The summed E-state index contributed by atoms with van der Waals surface area (Å²) in [4.78, 5) is 17.0. The van der Waals surface area contributed by atoms with Gasteiger partial charge < -0.3 is 0 Å². The number of hydrogen-bond acceptors (Lipinski definition) is 4. The minimum atomic E-state index is -0.0745. The van der Waals surface area contributed by atoms with E-state index in [0.29, 0.717) is 27.4 Å². The van der Waals surface area contributed by atoms with E-state index in [9.17, 15) is 4.79 Å². The number of hydrogen-bond donors (Lipinski definition) is 0. The SMILES string of the molecule is O=C1C[C@H](c2ccc(Cl)c(Cl)c2)Sc2nc(-c3ccccc3)nn21. The van der Waals surface area contributed by atoms with E-state index in [1.54, 1.807) is 12.1 Å². The molecule has 4 nitrogen and oxygen atoms in total. The highest BCUT2D eigenvalue weighted by Crippen LogP contribution is 2.42. The van der Waals surface area contributed by atoms with Crippen LogP contribution < -0.4 is 0 Å². The molecule has 0 bridgehead atoms. The number of carbonyl (C=O) groups excluding carboxylic acids is 1. The van der Waals surface area contributed by atoms with Crippen LogP contribution in [0, 0.1) is 0 Å². The molecular weight excluding hydrogens is 365 g/mol. The van der Waals surface area contributed by atoms with Crippen molar-refractivity contribution in [2.45, 2.75) is 16.8 Å². The summed E-state index contributed by atoms with van der Waals surface area (Å²) >= 11 is 13.6. The molecule has 0 amide bonds. The van der Waals surface area contributed by atoms with Crippen LogP contribution in [0.25, 0.3) is 11.4 Å². The van der Waals surface area contributed by atoms with E-state index >= 15 is 0 Å². The predicted molar refractivity (Wildman–Crippen MR) is 95.8 cm³/mol. The Morgan fingerprint density at radius 1 is 1.08 bits per heavy atom. The van der Waals surface area contributed by atoms with E-state index in [4.69, 9.17) is 23.2 Å². The number of rotatable bonds is 2. The molecule has 7 heteroatoms. The van der Waals surface area contributed by atoms with Gasteiger partial charge in [0.15, 0.2) is 11.0 Å². The lowest BCUT2D eigenvalue weighted by Gasteiger charge is -2.20. The predicted octanol–water partition coefficient (Wildman–Crippen LogP) is 5.13.